The van der Waals surface area contributed by atoms with Crippen LogP contribution in [0.2, 0.25) is 0 Å². The molecule has 3 rings (SSSR count). The summed E-state index contributed by atoms with van der Waals surface area (Å²) in [7, 11) is 0. The highest BCUT2D eigenvalue weighted by atomic mass is 14.8. The van der Waals surface area contributed by atoms with Crippen LogP contribution in [-0.2, 0) is 0 Å². The minimum absolute atomic E-state index is 0.876. The van der Waals surface area contributed by atoms with Crippen molar-refractivity contribution in [3.63, 3.8) is 0 Å². The van der Waals surface area contributed by atoms with Gasteiger partial charge in [-0.3, -0.25) is 9.97 Å². The van der Waals surface area contributed by atoms with Crippen molar-refractivity contribution < 1.29 is 0 Å². The van der Waals surface area contributed by atoms with Crippen molar-refractivity contribution in [3.05, 3.63) is 55.0 Å². The van der Waals surface area contributed by atoms with Crippen LogP contribution in [0.4, 0.5) is 0 Å². The van der Waals surface area contributed by atoms with Crippen molar-refractivity contribution in [2.24, 2.45) is 0 Å². The molecule has 0 fully saturated rings. The largest absolute Gasteiger partial charge is 0.265 e. The average Bonchev–Trinajstić information content (AvgIpc) is 2.39. The van der Waals surface area contributed by atoms with E-state index in [9.17, 15) is 0 Å². The molecular weight excluding hydrogens is 198 g/mol. The molecule has 0 unspecified atom stereocenters. The fraction of sp³-hybridized carbons (Fsp3) is 0. The molecule has 0 radical (unpaired) electrons. The number of hydrogen-bond acceptors (Lipinski definition) is 3. The van der Waals surface area contributed by atoms with Gasteiger partial charge in [-0.2, -0.15) is 0 Å². The summed E-state index contributed by atoms with van der Waals surface area (Å²) in [4.78, 5) is 12.9. The van der Waals surface area contributed by atoms with E-state index in [4.69, 9.17) is 0 Å². The van der Waals surface area contributed by atoms with Gasteiger partial charge in [-0.05, 0) is 24.3 Å². The van der Waals surface area contributed by atoms with Crippen molar-refractivity contribution in [2.75, 3.05) is 0 Å². The molecule has 0 aliphatic heterocycles. The standard InChI is InChI=1S/C13H9N3/c1-2-4-12-11(3-1)15-9-13(16-12)10-5-7-14-8-6-10/h1-9H. The summed E-state index contributed by atoms with van der Waals surface area (Å²) in [6, 6.07) is 11.7. The second-order valence-corrected chi connectivity index (χ2v) is 3.48. The van der Waals surface area contributed by atoms with Crippen LogP contribution in [-0.4, -0.2) is 15.0 Å². The molecule has 0 saturated carbocycles. The van der Waals surface area contributed by atoms with Crippen LogP contribution >= 0.6 is 0 Å². The molecule has 2 heterocycles. The zero-order valence-corrected chi connectivity index (χ0v) is 8.54. The van der Waals surface area contributed by atoms with Gasteiger partial charge in [0.05, 0.1) is 22.9 Å². The van der Waals surface area contributed by atoms with E-state index in [1.807, 2.05) is 36.4 Å². The minimum atomic E-state index is 0.876. The average molecular weight is 207 g/mol. The molecule has 0 amide bonds. The van der Waals surface area contributed by atoms with Crippen molar-refractivity contribution in [3.8, 4) is 11.3 Å². The third-order valence-corrected chi connectivity index (χ3v) is 2.42. The smallest absolute Gasteiger partial charge is 0.0894 e. The molecular formula is C13H9N3. The first-order chi connectivity index (χ1) is 7.93. The van der Waals surface area contributed by atoms with Crippen molar-refractivity contribution in [2.45, 2.75) is 0 Å². The van der Waals surface area contributed by atoms with E-state index >= 15 is 0 Å². The monoisotopic (exact) mass is 207 g/mol. The van der Waals surface area contributed by atoms with E-state index in [0.29, 0.717) is 0 Å². The van der Waals surface area contributed by atoms with Crippen LogP contribution < -0.4 is 0 Å². The number of hydrogen-bond donors (Lipinski definition) is 0. The van der Waals surface area contributed by atoms with Gasteiger partial charge in [-0.25, -0.2) is 4.98 Å². The summed E-state index contributed by atoms with van der Waals surface area (Å²) >= 11 is 0. The first-order valence-corrected chi connectivity index (χ1v) is 5.06. The van der Waals surface area contributed by atoms with Gasteiger partial charge in [0, 0.05) is 18.0 Å². The molecule has 2 aromatic heterocycles. The van der Waals surface area contributed by atoms with Crippen LogP contribution in [0, 0.1) is 0 Å². The lowest BCUT2D eigenvalue weighted by Gasteiger charge is -2.01. The molecule has 0 saturated heterocycles. The Morgan fingerprint density at radius 2 is 1.56 bits per heavy atom. The lowest BCUT2D eigenvalue weighted by Crippen LogP contribution is -1.88. The molecule has 0 aliphatic carbocycles. The topological polar surface area (TPSA) is 38.7 Å². The molecule has 0 spiro atoms. The molecule has 3 heteroatoms. The third-order valence-electron chi connectivity index (χ3n) is 2.42. The highest BCUT2D eigenvalue weighted by Crippen LogP contribution is 2.17. The number of fused-ring (bicyclic) bond motifs is 1. The van der Waals surface area contributed by atoms with Gasteiger partial charge in [-0.1, -0.05) is 12.1 Å². The molecule has 3 nitrogen and oxygen atoms in total. The predicted octanol–water partition coefficient (Wildman–Crippen LogP) is 2.69. The molecule has 0 atom stereocenters. The molecule has 0 N–H and O–H groups in total. The van der Waals surface area contributed by atoms with Crippen molar-refractivity contribution >= 4 is 11.0 Å². The minimum Gasteiger partial charge on any atom is -0.265 e. The first kappa shape index (κ1) is 8.97. The first-order valence-electron chi connectivity index (χ1n) is 5.06. The fourth-order valence-corrected chi connectivity index (χ4v) is 1.62. The fourth-order valence-electron chi connectivity index (χ4n) is 1.62. The van der Waals surface area contributed by atoms with Crippen LogP contribution in [0.15, 0.2) is 55.0 Å². The maximum atomic E-state index is 4.56. The number of rotatable bonds is 1. The van der Waals surface area contributed by atoms with Crippen molar-refractivity contribution in [1.29, 1.82) is 0 Å². The summed E-state index contributed by atoms with van der Waals surface area (Å²) < 4.78 is 0. The van der Waals surface area contributed by atoms with Crippen molar-refractivity contribution in [1.82, 2.24) is 15.0 Å². The van der Waals surface area contributed by atoms with Gasteiger partial charge < -0.3 is 0 Å². The lowest BCUT2D eigenvalue weighted by atomic mass is 10.2. The van der Waals surface area contributed by atoms with E-state index in [2.05, 4.69) is 15.0 Å². The zero-order chi connectivity index (χ0) is 10.8. The van der Waals surface area contributed by atoms with Crippen LogP contribution in [0.5, 0.6) is 0 Å². The number of pyridine rings is 1. The van der Waals surface area contributed by atoms with Crippen LogP contribution in [0.3, 0.4) is 0 Å². The van der Waals surface area contributed by atoms with Crippen LogP contribution in [0.1, 0.15) is 0 Å². The molecule has 1 aromatic carbocycles. The van der Waals surface area contributed by atoms with Gasteiger partial charge in [-0.15, -0.1) is 0 Å². The number of nitrogens with zero attached hydrogens (tertiary/aromatic N) is 3. The quantitative estimate of drug-likeness (QED) is 0.615. The Balaban J connectivity index is 2.19. The lowest BCUT2D eigenvalue weighted by molar-refractivity contribution is 1.27. The predicted molar refractivity (Wildman–Crippen MR) is 62.8 cm³/mol. The molecule has 16 heavy (non-hydrogen) atoms. The Morgan fingerprint density at radius 3 is 2.38 bits per heavy atom. The number of para-hydroxylation sites is 2. The van der Waals surface area contributed by atoms with E-state index in [1.54, 1.807) is 18.6 Å². The van der Waals surface area contributed by atoms with Gasteiger partial charge in [0.2, 0.25) is 0 Å². The Morgan fingerprint density at radius 1 is 0.812 bits per heavy atom. The normalized spacial score (nSPS) is 10.5. The SMILES string of the molecule is c1ccc2nc(-c3ccncc3)cnc2c1. The van der Waals surface area contributed by atoms with E-state index in [1.165, 1.54) is 0 Å². The van der Waals surface area contributed by atoms with Gasteiger partial charge in [0.1, 0.15) is 0 Å². The Bertz CT molecular complexity index is 620. The van der Waals surface area contributed by atoms with E-state index < -0.39 is 0 Å². The zero-order valence-electron chi connectivity index (χ0n) is 8.54. The van der Waals surface area contributed by atoms with E-state index in [-0.39, 0.29) is 0 Å². The van der Waals surface area contributed by atoms with Gasteiger partial charge in [0.15, 0.2) is 0 Å². The number of benzene rings is 1. The summed E-state index contributed by atoms with van der Waals surface area (Å²) in [5.74, 6) is 0. The van der Waals surface area contributed by atoms with Gasteiger partial charge >= 0.3 is 0 Å². The summed E-state index contributed by atoms with van der Waals surface area (Å²) in [6.07, 6.45) is 5.30. The maximum absolute atomic E-state index is 4.56. The third kappa shape index (κ3) is 1.52. The molecule has 0 bridgehead atoms. The van der Waals surface area contributed by atoms with Gasteiger partial charge in [0.25, 0.3) is 0 Å². The second-order valence-electron chi connectivity index (χ2n) is 3.48. The highest BCUT2D eigenvalue weighted by Gasteiger charge is 2.00. The highest BCUT2D eigenvalue weighted by molar-refractivity contribution is 5.76. The summed E-state index contributed by atoms with van der Waals surface area (Å²) in [5.41, 5.74) is 3.74. The Kier molecular flexibility index (Phi) is 2.07. The molecule has 3 aromatic rings. The summed E-state index contributed by atoms with van der Waals surface area (Å²) in [6.45, 7) is 0. The Labute approximate surface area is 92.8 Å². The molecule has 0 aliphatic rings. The second kappa shape index (κ2) is 3.70. The van der Waals surface area contributed by atoms with E-state index in [0.717, 1.165) is 22.3 Å². The summed E-state index contributed by atoms with van der Waals surface area (Å²) in [5, 5.41) is 0. The Hall–Kier alpha value is -2.29. The van der Waals surface area contributed by atoms with Crippen LogP contribution in [0.25, 0.3) is 22.3 Å². The molecule has 76 valence electrons. The maximum Gasteiger partial charge on any atom is 0.0894 e. The number of aromatic nitrogens is 3.